The van der Waals surface area contributed by atoms with Crippen LogP contribution in [0.25, 0.3) is 6.08 Å². The first-order chi connectivity index (χ1) is 20.0. The molecule has 0 radical (unpaired) electrons. The van der Waals surface area contributed by atoms with Gasteiger partial charge < -0.3 is 20.2 Å². The van der Waals surface area contributed by atoms with Gasteiger partial charge in [-0.25, -0.2) is 0 Å². The number of hydrogen-bond donors (Lipinski definition) is 2. The number of carboxylic acid groups (broad SMARTS) is 1. The Bertz CT molecular complexity index is 1340. The van der Waals surface area contributed by atoms with E-state index < -0.39 is 11.7 Å². The molecule has 1 fully saturated rings. The molecule has 4 rings (SSSR count). The van der Waals surface area contributed by atoms with Crippen LogP contribution in [0.3, 0.4) is 0 Å². The second kappa shape index (κ2) is 15.2. The Hall–Kier alpha value is -4.18. The van der Waals surface area contributed by atoms with Gasteiger partial charge in [-0.1, -0.05) is 24.3 Å². The van der Waals surface area contributed by atoms with Crippen molar-refractivity contribution in [3.8, 4) is 0 Å². The standard InChI is InChI=1S/C31H35F3N4O.CH2O2/c1-22(2)37-17-14-29(15-18-37)38(30(39)12-9-24-7-10-26(11-8-24)31(32,33)34)21-25-5-4-6-27(20-25)36-28-13-16-35-23(3)19-28;2-1-3/h4-13,16,19-20,22,29H,14-15,17-18,21H2,1-3H3,(H,35,36);1H,(H,2,3)/b12-9+;. The number of nitrogens with zero attached hydrogens (tertiary/aromatic N) is 3. The molecule has 0 saturated carbocycles. The quantitative estimate of drug-likeness (QED) is 0.225. The van der Waals surface area contributed by atoms with Gasteiger partial charge >= 0.3 is 6.18 Å². The third-order valence-corrected chi connectivity index (χ3v) is 7.07. The van der Waals surface area contributed by atoms with Gasteiger partial charge in [-0.05, 0) is 87.2 Å². The molecule has 0 aliphatic carbocycles. The normalized spacial score (nSPS) is 14.4. The van der Waals surface area contributed by atoms with Crippen molar-refractivity contribution in [3.63, 3.8) is 0 Å². The maximum Gasteiger partial charge on any atom is 0.416 e. The lowest BCUT2D eigenvalue weighted by molar-refractivity contribution is -0.137. The van der Waals surface area contributed by atoms with E-state index in [9.17, 15) is 18.0 Å². The number of likely N-dealkylation sites (tertiary alicyclic amines) is 1. The van der Waals surface area contributed by atoms with Crippen molar-refractivity contribution < 1.29 is 27.9 Å². The molecule has 2 N–H and O–H groups in total. The molecule has 10 heteroatoms. The van der Waals surface area contributed by atoms with Crippen LogP contribution in [0.4, 0.5) is 24.5 Å². The summed E-state index contributed by atoms with van der Waals surface area (Å²) < 4.78 is 38.7. The molecule has 1 amide bonds. The number of alkyl halides is 3. The minimum Gasteiger partial charge on any atom is -0.483 e. The number of halogens is 3. The van der Waals surface area contributed by atoms with Gasteiger partial charge in [0.05, 0.1) is 5.56 Å². The Morgan fingerprint density at radius 1 is 1.10 bits per heavy atom. The van der Waals surface area contributed by atoms with Crippen LogP contribution in [0, 0.1) is 6.92 Å². The fourth-order valence-corrected chi connectivity index (χ4v) is 4.88. The molecule has 1 saturated heterocycles. The fraction of sp³-hybridized carbons (Fsp3) is 0.344. The molecule has 0 spiro atoms. The third kappa shape index (κ3) is 9.73. The summed E-state index contributed by atoms with van der Waals surface area (Å²) in [5, 5.41) is 10.3. The number of nitrogens with one attached hydrogen (secondary N) is 1. The van der Waals surface area contributed by atoms with E-state index in [1.807, 2.05) is 48.2 Å². The molecule has 0 bridgehead atoms. The first-order valence-electron chi connectivity index (χ1n) is 13.8. The number of pyridine rings is 1. The highest BCUT2D eigenvalue weighted by atomic mass is 19.4. The van der Waals surface area contributed by atoms with Gasteiger partial charge in [-0.15, -0.1) is 0 Å². The van der Waals surface area contributed by atoms with Crippen molar-refractivity contribution in [2.75, 3.05) is 18.4 Å². The predicted octanol–water partition coefficient (Wildman–Crippen LogP) is 6.77. The van der Waals surface area contributed by atoms with Gasteiger partial charge in [0, 0.05) is 61.1 Å². The number of hydrogen-bond acceptors (Lipinski definition) is 5. The van der Waals surface area contributed by atoms with E-state index in [0.29, 0.717) is 18.2 Å². The van der Waals surface area contributed by atoms with Crippen molar-refractivity contribution >= 4 is 29.8 Å². The zero-order chi connectivity index (χ0) is 30.7. The molecule has 1 aliphatic rings. The number of aromatic nitrogens is 1. The number of piperidine rings is 1. The fourth-order valence-electron chi connectivity index (χ4n) is 4.88. The summed E-state index contributed by atoms with van der Waals surface area (Å²) in [4.78, 5) is 30.4. The van der Waals surface area contributed by atoms with E-state index in [0.717, 1.165) is 60.7 Å². The minimum absolute atomic E-state index is 0.0734. The highest BCUT2D eigenvalue weighted by Crippen LogP contribution is 2.29. The van der Waals surface area contributed by atoms with E-state index >= 15 is 0 Å². The van der Waals surface area contributed by atoms with Crippen LogP contribution in [-0.4, -0.2) is 57.4 Å². The molecule has 1 aliphatic heterocycles. The molecule has 224 valence electrons. The van der Waals surface area contributed by atoms with Gasteiger partial charge in [-0.3, -0.25) is 14.6 Å². The second-order valence-electron chi connectivity index (χ2n) is 10.4. The lowest BCUT2D eigenvalue weighted by Crippen LogP contribution is -2.48. The lowest BCUT2D eigenvalue weighted by Gasteiger charge is -2.39. The topological polar surface area (TPSA) is 85.8 Å². The Morgan fingerprint density at radius 3 is 2.33 bits per heavy atom. The van der Waals surface area contributed by atoms with E-state index in [1.165, 1.54) is 18.2 Å². The number of rotatable bonds is 8. The monoisotopic (exact) mass is 582 g/mol. The maximum atomic E-state index is 13.5. The first kappa shape index (κ1) is 32.3. The van der Waals surface area contributed by atoms with Gasteiger partial charge in [0.1, 0.15) is 0 Å². The molecule has 0 atom stereocenters. The van der Waals surface area contributed by atoms with Crippen molar-refractivity contribution in [1.82, 2.24) is 14.8 Å². The summed E-state index contributed by atoms with van der Waals surface area (Å²) >= 11 is 0. The van der Waals surface area contributed by atoms with Crippen LogP contribution in [0.5, 0.6) is 0 Å². The molecule has 1 aromatic heterocycles. The summed E-state index contributed by atoms with van der Waals surface area (Å²) in [5.74, 6) is -0.152. The largest absolute Gasteiger partial charge is 0.483 e. The summed E-state index contributed by atoms with van der Waals surface area (Å²) in [6.45, 7) is 8.31. The molecular formula is C32H37F3N4O3. The summed E-state index contributed by atoms with van der Waals surface area (Å²) in [6.07, 6.45) is 2.16. The molecular weight excluding hydrogens is 545 g/mol. The van der Waals surface area contributed by atoms with Gasteiger partial charge in [0.2, 0.25) is 5.91 Å². The first-order valence-corrected chi connectivity index (χ1v) is 13.8. The van der Waals surface area contributed by atoms with Gasteiger partial charge in [0.25, 0.3) is 6.47 Å². The average molecular weight is 583 g/mol. The third-order valence-electron chi connectivity index (χ3n) is 7.07. The molecule has 7 nitrogen and oxygen atoms in total. The highest BCUT2D eigenvalue weighted by Gasteiger charge is 2.30. The molecule has 3 aromatic rings. The maximum absolute atomic E-state index is 13.5. The zero-order valence-electron chi connectivity index (χ0n) is 24.0. The minimum atomic E-state index is -4.39. The number of benzene rings is 2. The smallest absolute Gasteiger partial charge is 0.416 e. The van der Waals surface area contributed by atoms with Gasteiger partial charge in [0.15, 0.2) is 0 Å². The second-order valence-corrected chi connectivity index (χ2v) is 10.4. The molecule has 2 heterocycles. The van der Waals surface area contributed by atoms with Crippen molar-refractivity contribution in [3.05, 3.63) is 95.3 Å². The summed E-state index contributed by atoms with van der Waals surface area (Å²) in [7, 11) is 0. The summed E-state index contributed by atoms with van der Waals surface area (Å²) in [6, 6.07) is 17.2. The van der Waals surface area contributed by atoms with Crippen LogP contribution in [0.2, 0.25) is 0 Å². The van der Waals surface area contributed by atoms with Crippen LogP contribution in [0.15, 0.2) is 72.9 Å². The number of carbonyl (C=O) groups excluding carboxylic acids is 1. The Morgan fingerprint density at radius 2 is 1.74 bits per heavy atom. The highest BCUT2D eigenvalue weighted by molar-refractivity contribution is 5.92. The van der Waals surface area contributed by atoms with E-state index in [-0.39, 0.29) is 18.4 Å². The van der Waals surface area contributed by atoms with Crippen molar-refractivity contribution in [2.45, 2.75) is 58.4 Å². The Labute approximate surface area is 244 Å². The SMILES string of the molecule is Cc1cc(Nc2cccc(CN(C(=O)/C=C/c3ccc(C(F)(F)F)cc3)C3CCN(C(C)C)CC3)c2)ccn1.O=CO. The van der Waals surface area contributed by atoms with E-state index in [2.05, 4.69) is 29.0 Å². The molecule has 42 heavy (non-hydrogen) atoms. The Kier molecular flexibility index (Phi) is 11.7. The molecule has 2 aromatic carbocycles. The number of aryl methyl sites for hydroxylation is 1. The number of anilines is 2. The average Bonchev–Trinajstić information content (AvgIpc) is 2.95. The van der Waals surface area contributed by atoms with E-state index in [1.54, 1.807) is 12.3 Å². The van der Waals surface area contributed by atoms with Crippen LogP contribution in [-0.2, 0) is 22.3 Å². The molecule has 0 unspecified atom stereocenters. The lowest BCUT2D eigenvalue weighted by atomic mass is 10.0. The number of amides is 1. The summed E-state index contributed by atoms with van der Waals surface area (Å²) in [5.41, 5.74) is 3.60. The van der Waals surface area contributed by atoms with Crippen molar-refractivity contribution in [2.24, 2.45) is 0 Å². The predicted molar refractivity (Wildman–Crippen MR) is 158 cm³/mol. The van der Waals surface area contributed by atoms with Crippen molar-refractivity contribution in [1.29, 1.82) is 0 Å². The van der Waals surface area contributed by atoms with Crippen LogP contribution in [0.1, 0.15) is 49.1 Å². The van der Waals surface area contributed by atoms with E-state index in [4.69, 9.17) is 9.90 Å². The number of carbonyl (C=O) groups is 2. The zero-order valence-corrected chi connectivity index (χ0v) is 24.0. The Balaban J connectivity index is 0.00000155. The van der Waals surface area contributed by atoms with Crippen LogP contribution >= 0.6 is 0 Å². The van der Waals surface area contributed by atoms with Crippen LogP contribution < -0.4 is 5.32 Å². The van der Waals surface area contributed by atoms with Gasteiger partial charge in [-0.2, -0.15) is 13.2 Å².